The molecule has 0 aliphatic heterocycles. The molecule has 0 bridgehead atoms. The summed E-state index contributed by atoms with van der Waals surface area (Å²) >= 11 is 12.0. The minimum Gasteiger partial charge on any atom is -0.494 e. The summed E-state index contributed by atoms with van der Waals surface area (Å²) in [5.41, 5.74) is 1.91. The average molecular weight is 337 g/mol. The number of rotatable bonds is 5. The summed E-state index contributed by atoms with van der Waals surface area (Å²) in [6, 6.07) is 12.1. The van der Waals surface area contributed by atoms with Crippen molar-refractivity contribution in [1.82, 2.24) is 0 Å². The standard InChI is InChI=1S/C17H14Cl2O3/c1-2-22-15-5-3-11(4-6-15)16(10-17(20)21)12-7-13(18)9-14(19)8-12/h3-10H,2H2,1H3,(H,20,21). The molecule has 0 radical (unpaired) electrons. The van der Waals surface area contributed by atoms with Gasteiger partial charge in [-0.1, -0.05) is 35.3 Å². The summed E-state index contributed by atoms with van der Waals surface area (Å²) in [5, 5.41) is 10.0. The fourth-order valence-corrected chi connectivity index (χ4v) is 2.59. The molecule has 0 spiro atoms. The van der Waals surface area contributed by atoms with Gasteiger partial charge in [0, 0.05) is 16.1 Å². The van der Waals surface area contributed by atoms with E-state index in [4.69, 9.17) is 33.0 Å². The molecule has 0 saturated carbocycles. The highest BCUT2D eigenvalue weighted by Crippen LogP contribution is 2.29. The van der Waals surface area contributed by atoms with Crippen molar-refractivity contribution in [2.24, 2.45) is 0 Å². The van der Waals surface area contributed by atoms with Crippen LogP contribution < -0.4 is 4.74 Å². The lowest BCUT2D eigenvalue weighted by atomic mass is 9.97. The summed E-state index contributed by atoms with van der Waals surface area (Å²) < 4.78 is 5.39. The van der Waals surface area contributed by atoms with Gasteiger partial charge in [0.25, 0.3) is 0 Å². The summed E-state index contributed by atoms with van der Waals surface area (Å²) in [6.45, 7) is 2.47. The van der Waals surface area contributed by atoms with Crippen molar-refractivity contribution < 1.29 is 14.6 Å². The van der Waals surface area contributed by atoms with E-state index in [1.54, 1.807) is 42.5 Å². The second-order valence-corrected chi connectivity index (χ2v) is 5.38. The number of ether oxygens (including phenoxy) is 1. The summed E-state index contributed by atoms with van der Waals surface area (Å²) in [4.78, 5) is 11.1. The fourth-order valence-electron chi connectivity index (χ4n) is 2.06. The van der Waals surface area contributed by atoms with E-state index in [1.165, 1.54) is 0 Å². The third-order valence-corrected chi connectivity index (χ3v) is 3.35. The minimum absolute atomic E-state index is 0.449. The van der Waals surface area contributed by atoms with E-state index in [9.17, 15) is 4.79 Å². The van der Waals surface area contributed by atoms with Crippen molar-refractivity contribution in [3.63, 3.8) is 0 Å². The van der Waals surface area contributed by atoms with Gasteiger partial charge in [0.05, 0.1) is 6.61 Å². The third-order valence-electron chi connectivity index (χ3n) is 2.92. The van der Waals surface area contributed by atoms with Gasteiger partial charge in [0.15, 0.2) is 0 Å². The van der Waals surface area contributed by atoms with Crippen LogP contribution in [-0.2, 0) is 4.79 Å². The third kappa shape index (κ3) is 4.26. The molecule has 2 aromatic rings. The Labute approximate surface area is 138 Å². The largest absolute Gasteiger partial charge is 0.494 e. The van der Waals surface area contributed by atoms with Crippen LogP contribution in [0.25, 0.3) is 5.57 Å². The number of aliphatic carboxylic acids is 1. The molecule has 0 atom stereocenters. The highest BCUT2D eigenvalue weighted by molar-refractivity contribution is 6.35. The van der Waals surface area contributed by atoms with E-state index in [1.807, 2.05) is 6.92 Å². The summed E-state index contributed by atoms with van der Waals surface area (Å²) in [6.07, 6.45) is 1.14. The number of benzene rings is 2. The second-order valence-electron chi connectivity index (χ2n) is 4.51. The van der Waals surface area contributed by atoms with Crippen LogP contribution in [-0.4, -0.2) is 17.7 Å². The van der Waals surface area contributed by atoms with E-state index < -0.39 is 5.97 Å². The zero-order valence-electron chi connectivity index (χ0n) is 11.8. The molecular weight excluding hydrogens is 323 g/mol. The SMILES string of the molecule is CCOc1ccc(C(=CC(=O)O)c2cc(Cl)cc(Cl)c2)cc1. The molecule has 2 aromatic carbocycles. The maximum atomic E-state index is 11.1. The van der Waals surface area contributed by atoms with Crippen LogP contribution in [0.5, 0.6) is 5.75 Å². The predicted molar refractivity (Wildman–Crippen MR) is 88.8 cm³/mol. The van der Waals surface area contributed by atoms with Crippen molar-refractivity contribution in [1.29, 1.82) is 0 Å². The van der Waals surface area contributed by atoms with Gasteiger partial charge in [-0.15, -0.1) is 0 Å². The average Bonchev–Trinajstić information content (AvgIpc) is 2.45. The molecule has 5 heteroatoms. The normalized spacial score (nSPS) is 11.3. The molecule has 0 saturated heterocycles. The molecule has 22 heavy (non-hydrogen) atoms. The highest BCUT2D eigenvalue weighted by Gasteiger charge is 2.10. The number of carboxylic acids is 1. The van der Waals surface area contributed by atoms with Gasteiger partial charge in [-0.3, -0.25) is 0 Å². The van der Waals surface area contributed by atoms with Crippen molar-refractivity contribution in [2.75, 3.05) is 6.61 Å². The first-order chi connectivity index (χ1) is 10.5. The van der Waals surface area contributed by atoms with Crippen LogP contribution in [0, 0.1) is 0 Å². The topological polar surface area (TPSA) is 46.5 Å². The van der Waals surface area contributed by atoms with Gasteiger partial charge >= 0.3 is 5.97 Å². The van der Waals surface area contributed by atoms with Gasteiger partial charge < -0.3 is 9.84 Å². The van der Waals surface area contributed by atoms with Crippen LogP contribution in [0.2, 0.25) is 10.0 Å². The molecule has 0 aliphatic carbocycles. The van der Waals surface area contributed by atoms with E-state index in [0.717, 1.165) is 17.4 Å². The maximum Gasteiger partial charge on any atom is 0.328 e. The fraction of sp³-hybridized carbons (Fsp3) is 0.118. The quantitative estimate of drug-likeness (QED) is 0.789. The highest BCUT2D eigenvalue weighted by atomic mass is 35.5. The van der Waals surface area contributed by atoms with Crippen LogP contribution in [0.4, 0.5) is 0 Å². The molecule has 0 unspecified atom stereocenters. The number of hydrogen-bond acceptors (Lipinski definition) is 2. The molecule has 2 rings (SSSR count). The Morgan fingerprint density at radius 2 is 1.68 bits per heavy atom. The smallest absolute Gasteiger partial charge is 0.328 e. The van der Waals surface area contributed by atoms with Crippen LogP contribution in [0.3, 0.4) is 0 Å². The van der Waals surface area contributed by atoms with Crippen molar-refractivity contribution >= 4 is 34.7 Å². The predicted octanol–water partition coefficient (Wildman–Crippen LogP) is 4.91. The monoisotopic (exact) mass is 336 g/mol. The number of carboxylic acid groups (broad SMARTS) is 1. The van der Waals surface area contributed by atoms with E-state index >= 15 is 0 Å². The van der Waals surface area contributed by atoms with Gasteiger partial charge in [0.2, 0.25) is 0 Å². The van der Waals surface area contributed by atoms with E-state index in [-0.39, 0.29) is 0 Å². The lowest BCUT2D eigenvalue weighted by Gasteiger charge is -2.10. The molecule has 0 fully saturated rings. The Bertz CT molecular complexity index is 686. The molecule has 0 amide bonds. The molecule has 0 aromatic heterocycles. The van der Waals surface area contributed by atoms with Crippen molar-refractivity contribution in [3.05, 3.63) is 69.7 Å². The maximum absolute atomic E-state index is 11.1. The lowest BCUT2D eigenvalue weighted by Crippen LogP contribution is -1.96. The Morgan fingerprint density at radius 1 is 1.09 bits per heavy atom. The molecule has 0 heterocycles. The molecule has 1 N–H and O–H groups in total. The lowest BCUT2D eigenvalue weighted by molar-refractivity contribution is -0.131. The number of carbonyl (C=O) groups is 1. The summed E-state index contributed by atoms with van der Waals surface area (Å²) in [5.74, 6) is -0.315. The number of hydrogen-bond donors (Lipinski definition) is 1. The Balaban J connectivity index is 2.48. The zero-order valence-corrected chi connectivity index (χ0v) is 13.4. The van der Waals surface area contributed by atoms with Gasteiger partial charge in [-0.05, 0) is 54.0 Å². The van der Waals surface area contributed by atoms with Gasteiger partial charge in [-0.2, -0.15) is 0 Å². The number of halogens is 2. The Morgan fingerprint density at radius 3 is 2.18 bits per heavy atom. The van der Waals surface area contributed by atoms with Crippen LogP contribution >= 0.6 is 23.2 Å². The first-order valence-electron chi connectivity index (χ1n) is 6.64. The first kappa shape index (κ1) is 16.4. The zero-order chi connectivity index (χ0) is 16.1. The second kappa shape index (κ2) is 7.34. The molecule has 0 aliphatic rings. The van der Waals surface area contributed by atoms with Crippen molar-refractivity contribution in [2.45, 2.75) is 6.92 Å². The summed E-state index contributed by atoms with van der Waals surface area (Å²) in [7, 11) is 0. The van der Waals surface area contributed by atoms with Crippen LogP contribution in [0.1, 0.15) is 18.1 Å². The van der Waals surface area contributed by atoms with E-state index in [0.29, 0.717) is 27.8 Å². The van der Waals surface area contributed by atoms with Gasteiger partial charge in [0.1, 0.15) is 5.75 Å². The van der Waals surface area contributed by atoms with Gasteiger partial charge in [-0.25, -0.2) is 4.79 Å². The molecular formula is C17H14Cl2O3. The Hall–Kier alpha value is -1.97. The Kier molecular flexibility index (Phi) is 5.47. The van der Waals surface area contributed by atoms with Crippen LogP contribution in [0.15, 0.2) is 48.5 Å². The molecule has 3 nitrogen and oxygen atoms in total. The minimum atomic E-state index is -1.04. The van der Waals surface area contributed by atoms with E-state index in [2.05, 4.69) is 0 Å². The van der Waals surface area contributed by atoms with Crippen molar-refractivity contribution in [3.8, 4) is 5.75 Å². The first-order valence-corrected chi connectivity index (χ1v) is 7.39. The molecule has 114 valence electrons.